The van der Waals surface area contributed by atoms with Gasteiger partial charge in [-0.2, -0.15) is 0 Å². The number of nitrogens with one attached hydrogen (secondary N) is 1. The number of morpholine rings is 1. The summed E-state index contributed by atoms with van der Waals surface area (Å²) in [5.41, 5.74) is 1.16. The number of amides is 1. The first-order valence-corrected chi connectivity index (χ1v) is 10.4. The molecule has 0 spiro atoms. The highest BCUT2D eigenvalue weighted by Gasteiger charge is 2.34. The van der Waals surface area contributed by atoms with Gasteiger partial charge in [-0.15, -0.1) is 0 Å². The predicted octanol–water partition coefficient (Wildman–Crippen LogP) is 3.00. The average Bonchev–Trinajstić information content (AvgIpc) is 2.64. The van der Waals surface area contributed by atoms with Gasteiger partial charge in [0.1, 0.15) is 5.60 Å². The fourth-order valence-corrected chi connectivity index (χ4v) is 3.54. The molecule has 9 heteroatoms. The second-order valence-electron chi connectivity index (χ2n) is 8.83. The Bertz CT molecular complexity index is 758. The second-order valence-corrected chi connectivity index (χ2v) is 8.83. The minimum absolute atomic E-state index is 0.0661. The lowest BCUT2D eigenvalue weighted by Crippen LogP contribution is -2.52. The van der Waals surface area contributed by atoms with Gasteiger partial charge in [0, 0.05) is 31.8 Å². The summed E-state index contributed by atoms with van der Waals surface area (Å²) in [4.78, 5) is 25.2. The normalized spacial score (nSPS) is 22.2. The molecule has 0 bridgehead atoms. The van der Waals surface area contributed by atoms with E-state index >= 15 is 0 Å². The number of rotatable bonds is 7. The Morgan fingerprint density at radius 1 is 1.23 bits per heavy atom. The molecule has 2 aliphatic rings. The van der Waals surface area contributed by atoms with E-state index in [4.69, 9.17) is 14.2 Å². The zero-order chi connectivity index (χ0) is 21.7. The number of alkyl carbamates (subject to hydrolysis) is 1. The number of carbonyl (C=O) groups is 1. The third-order valence-electron chi connectivity index (χ3n) is 5.14. The molecular formula is C21H31N3O6. The Kier molecular flexibility index (Phi) is 7.27. The van der Waals surface area contributed by atoms with Crippen molar-refractivity contribution in [1.82, 2.24) is 10.2 Å². The average molecular weight is 421 g/mol. The van der Waals surface area contributed by atoms with Crippen LogP contribution in [0.5, 0.6) is 0 Å². The van der Waals surface area contributed by atoms with Crippen molar-refractivity contribution in [3.05, 3.63) is 39.4 Å². The summed E-state index contributed by atoms with van der Waals surface area (Å²) < 4.78 is 16.6. The van der Waals surface area contributed by atoms with Crippen LogP contribution < -0.4 is 5.32 Å². The van der Waals surface area contributed by atoms with E-state index in [1.54, 1.807) is 12.1 Å². The highest BCUT2D eigenvalue weighted by molar-refractivity contribution is 5.68. The first kappa shape index (κ1) is 22.5. The van der Waals surface area contributed by atoms with E-state index in [1.807, 2.05) is 26.8 Å². The van der Waals surface area contributed by atoms with Crippen molar-refractivity contribution < 1.29 is 23.9 Å². The van der Waals surface area contributed by atoms with E-state index in [9.17, 15) is 14.9 Å². The molecule has 1 saturated heterocycles. The van der Waals surface area contributed by atoms with Crippen molar-refractivity contribution >= 4 is 11.8 Å². The number of hydrogen-bond acceptors (Lipinski definition) is 7. The summed E-state index contributed by atoms with van der Waals surface area (Å²) in [6.07, 6.45) is 1.07. The van der Waals surface area contributed by atoms with Crippen LogP contribution in [0.3, 0.4) is 0 Å². The topological polar surface area (TPSA) is 103 Å². The van der Waals surface area contributed by atoms with Gasteiger partial charge in [0.15, 0.2) is 0 Å². The molecule has 9 nitrogen and oxygen atoms in total. The van der Waals surface area contributed by atoms with Gasteiger partial charge < -0.3 is 19.5 Å². The summed E-state index contributed by atoms with van der Waals surface area (Å²) in [7, 11) is 0. The van der Waals surface area contributed by atoms with Crippen LogP contribution in [0.15, 0.2) is 18.2 Å². The lowest BCUT2D eigenvalue weighted by atomic mass is 9.89. The van der Waals surface area contributed by atoms with E-state index in [1.165, 1.54) is 0 Å². The van der Waals surface area contributed by atoms with Gasteiger partial charge in [0.2, 0.25) is 0 Å². The van der Waals surface area contributed by atoms with Crippen LogP contribution >= 0.6 is 0 Å². The van der Waals surface area contributed by atoms with Crippen LogP contribution in [0, 0.1) is 10.1 Å². The highest BCUT2D eigenvalue weighted by atomic mass is 16.6. The zero-order valence-corrected chi connectivity index (χ0v) is 17.9. The maximum atomic E-state index is 12.0. The molecule has 1 aromatic rings. The molecule has 3 rings (SSSR count). The molecule has 0 aromatic heterocycles. The van der Waals surface area contributed by atoms with Crippen molar-refractivity contribution in [2.45, 2.75) is 64.5 Å². The largest absolute Gasteiger partial charge is 0.444 e. The SMILES string of the molecule is CC(C)(C)OC(=O)N[C@@H]1CC[C@H]1OCc1cc(CN2CCOCC2)cc([N+](=O)[O-])c1. The molecule has 1 aliphatic heterocycles. The quantitative estimate of drug-likeness (QED) is 0.533. The Hall–Kier alpha value is -2.23. The smallest absolute Gasteiger partial charge is 0.407 e. The van der Waals surface area contributed by atoms with Gasteiger partial charge in [-0.1, -0.05) is 6.07 Å². The van der Waals surface area contributed by atoms with Gasteiger partial charge in [-0.25, -0.2) is 4.79 Å². The van der Waals surface area contributed by atoms with Gasteiger partial charge in [0.25, 0.3) is 5.69 Å². The van der Waals surface area contributed by atoms with Crippen molar-refractivity contribution in [3.8, 4) is 0 Å². The summed E-state index contributed by atoms with van der Waals surface area (Å²) in [6.45, 7) is 9.34. The Labute approximate surface area is 176 Å². The number of hydrogen-bond donors (Lipinski definition) is 1. The van der Waals surface area contributed by atoms with E-state index in [0.717, 1.165) is 37.1 Å². The molecule has 2 atom stereocenters. The maximum Gasteiger partial charge on any atom is 0.407 e. The van der Waals surface area contributed by atoms with E-state index in [2.05, 4.69) is 10.2 Å². The molecule has 1 aliphatic carbocycles. The number of benzene rings is 1. The van der Waals surface area contributed by atoms with Crippen molar-refractivity contribution in [3.63, 3.8) is 0 Å². The molecule has 0 unspecified atom stereocenters. The molecule has 2 fully saturated rings. The predicted molar refractivity (Wildman–Crippen MR) is 110 cm³/mol. The maximum absolute atomic E-state index is 12.0. The van der Waals surface area contributed by atoms with Crippen LogP contribution in [-0.2, 0) is 27.4 Å². The third-order valence-corrected chi connectivity index (χ3v) is 5.14. The summed E-state index contributed by atoms with van der Waals surface area (Å²) >= 11 is 0. The van der Waals surface area contributed by atoms with Crippen LogP contribution in [0.4, 0.5) is 10.5 Å². The minimum Gasteiger partial charge on any atom is -0.444 e. The number of non-ortho nitro benzene ring substituents is 1. The van der Waals surface area contributed by atoms with Crippen LogP contribution in [0.25, 0.3) is 0 Å². The molecule has 30 heavy (non-hydrogen) atoms. The number of nitro groups is 1. The van der Waals surface area contributed by atoms with Gasteiger partial charge in [-0.3, -0.25) is 15.0 Å². The highest BCUT2D eigenvalue weighted by Crippen LogP contribution is 2.26. The van der Waals surface area contributed by atoms with E-state index in [0.29, 0.717) is 19.8 Å². The number of ether oxygens (including phenoxy) is 3. The molecule has 0 radical (unpaired) electrons. The number of nitro benzene ring substituents is 1. The Balaban J connectivity index is 1.57. The fraction of sp³-hybridized carbons (Fsp3) is 0.667. The van der Waals surface area contributed by atoms with Crippen LogP contribution in [-0.4, -0.2) is 60.0 Å². The number of carbonyl (C=O) groups excluding carboxylic acids is 1. The van der Waals surface area contributed by atoms with Gasteiger partial charge in [0.05, 0.1) is 36.9 Å². The lowest BCUT2D eigenvalue weighted by molar-refractivity contribution is -0.385. The molecule has 1 aromatic carbocycles. The summed E-state index contributed by atoms with van der Waals surface area (Å²) in [5, 5.41) is 14.2. The molecule has 166 valence electrons. The zero-order valence-electron chi connectivity index (χ0n) is 17.9. The standard InChI is InChI=1S/C21H31N3O6/c1-21(2,3)30-20(25)22-18-4-5-19(18)29-14-16-10-15(11-17(12-16)24(26)27)13-23-6-8-28-9-7-23/h10-12,18-19H,4-9,13-14H2,1-3H3,(H,22,25)/t18-,19-/m1/s1. The monoisotopic (exact) mass is 421 g/mol. The van der Waals surface area contributed by atoms with Crippen LogP contribution in [0.1, 0.15) is 44.7 Å². The van der Waals surface area contributed by atoms with Crippen molar-refractivity contribution in [2.75, 3.05) is 26.3 Å². The fourth-order valence-electron chi connectivity index (χ4n) is 3.54. The summed E-state index contributed by atoms with van der Waals surface area (Å²) in [5.74, 6) is 0. The third kappa shape index (κ3) is 6.65. The molecular weight excluding hydrogens is 390 g/mol. The van der Waals surface area contributed by atoms with Crippen molar-refractivity contribution in [2.24, 2.45) is 0 Å². The second kappa shape index (κ2) is 9.72. The first-order valence-electron chi connectivity index (χ1n) is 10.4. The molecule has 1 heterocycles. The first-order chi connectivity index (χ1) is 14.2. The molecule has 1 amide bonds. The minimum atomic E-state index is -0.552. The molecule has 1 saturated carbocycles. The summed E-state index contributed by atoms with van der Waals surface area (Å²) in [6, 6.07) is 5.02. The van der Waals surface area contributed by atoms with E-state index in [-0.39, 0.29) is 29.4 Å². The van der Waals surface area contributed by atoms with Crippen molar-refractivity contribution in [1.29, 1.82) is 0 Å². The van der Waals surface area contributed by atoms with Crippen LogP contribution in [0.2, 0.25) is 0 Å². The Morgan fingerprint density at radius 2 is 1.93 bits per heavy atom. The molecule has 1 N–H and O–H groups in total. The van der Waals surface area contributed by atoms with E-state index < -0.39 is 11.7 Å². The van der Waals surface area contributed by atoms with Gasteiger partial charge >= 0.3 is 6.09 Å². The Morgan fingerprint density at radius 3 is 2.53 bits per heavy atom. The van der Waals surface area contributed by atoms with Gasteiger partial charge in [-0.05, 0) is 44.7 Å². The lowest BCUT2D eigenvalue weighted by Gasteiger charge is -2.37. The number of nitrogens with zero attached hydrogens (tertiary/aromatic N) is 2.